The quantitative estimate of drug-likeness (QED) is 0.400. The normalized spacial score (nSPS) is 11.5. The molecule has 0 saturated carbocycles. The minimum Gasteiger partial charge on any atom is -0.488 e. The van der Waals surface area contributed by atoms with Crippen molar-refractivity contribution in [2.24, 2.45) is 0 Å². The first-order chi connectivity index (χ1) is 13.2. The predicted octanol–water partition coefficient (Wildman–Crippen LogP) is 6.33. The van der Waals surface area contributed by atoms with Crippen LogP contribution < -0.4 is 4.74 Å². The van der Waals surface area contributed by atoms with Crippen LogP contribution in [0.3, 0.4) is 0 Å². The molecule has 0 spiro atoms. The molecule has 0 saturated heterocycles. The molecule has 0 amide bonds. The molecule has 5 rings (SSSR count). The van der Waals surface area contributed by atoms with E-state index in [1.54, 1.807) is 12.1 Å². The maximum Gasteiger partial charge on any atom is 0.129 e. The highest BCUT2D eigenvalue weighted by Gasteiger charge is 2.14. The molecule has 132 valence electrons. The minimum absolute atomic E-state index is 0.301. The summed E-state index contributed by atoms with van der Waals surface area (Å²) in [5.74, 6) is -0.0323. The van der Waals surface area contributed by atoms with Gasteiger partial charge in [0, 0.05) is 27.7 Å². The van der Waals surface area contributed by atoms with Crippen molar-refractivity contribution in [3.05, 3.63) is 90.0 Å². The van der Waals surface area contributed by atoms with Gasteiger partial charge < -0.3 is 9.72 Å². The third-order valence-corrected chi connectivity index (χ3v) is 4.82. The second-order valence-corrected chi connectivity index (χ2v) is 6.58. The van der Waals surface area contributed by atoms with Crippen LogP contribution in [0.15, 0.2) is 72.8 Å². The number of hydrogen-bond acceptors (Lipinski definition) is 1. The van der Waals surface area contributed by atoms with Gasteiger partial charge in [-0.1, -0.05) is 36.4 Å². The summed E-state index contributed by atoms with van der Waals surface area (Å²) in [6.07, 6.45) is 0. The van der Waals surface area contributed by atoms with E-state index in [9.17, 15) is 8.78 Å². The van der Waals surface area contributed by atoms with Crippen LogP contribution in [0.1, 0.15) is 5.56 Å². The van der Waals surface area contributed by atoms with Crippen molar-refractivity contribution in [2.75, 3.05) is 0 Å². The highest BCUT2D eigenvalue weighted by molar-refractivity contribution is 6.21. The number of aromatic amines is 1. The zero-order chi connectivity index (χ0) is 18.4. The Balaban J connectivity index is 1.74. The Bertz CT molecular complexity index is 1290. The molecule has 4 heteroatoms. The number of fused-ring (bicyclic) bond motifs is 5. The van der Waals surface area contributed by atoms with Crippen molar-refractivity contribution in [2.45, 2.75) is 6.61 Å². The van der Waals surface area contributed by atoms with Gasteiger partial charge in [0.15, 0.2) is 0 Å². The van der Waals surface area contributed by atoms with Crippen molar-refractivity contribution in [1.29, 1.82) is 0 Å². The van der Waals surface area contributed by atoms with Gasteiger partial charge in [0.2, 0.25) is 0 Å². The van der Waals surface area contributed by atoms with E-state index >= 15 is 0 Å². The van der Waals surface area contributed by atoms with Crippen LogP contribution in [-0.4, -0.2) is 4.98 Å². The molecule has 0 aliphatic rings. The number of ether oxygens (including phenoxy) is 1. The van der Waals surface area contributed by atoms with Crippen LogP contribution in [0.4, 0.5) is 8.78 Å². The molecule has 1 aromatic heterocycles. The van der Waals surface area contributed by atoms with Crippen molar-refractivity contribution in [3.8, 4) is 5.75 Å². The summed E-state index contributed by atoms with van der Waals surface area (Å²) in [5.41, 5.74) is 2.56. The molecule has 27 heavy (non-hydrogen) atoms. The molecule has 0 unspecified atom stereocenters. The van der Waals surface area contributed by atoms with Gasteiger partial charge in [0.05, 0.1) is 5.52 Å². The lowest BCUT2D eigenvalue weighted by Crippen LogP contribution is -1.96. The van der Waals surface area contributed by atoms with E-state index in [4.69, 9.17) is 4.74 Å². The van der Waals surface area contributed by atoms with Gasteiger partial charge in [0.1, 0.15) is 24.0 Å². The van der Waals surface area contributed by atoms with E-state index in [1.807, 2.05) is 36.4 Å². The van der Waals surface area contributed by atoms with Crippen LogP contribution in [-0.2, 0) is 6.61 Å². The van der Waals surface area contributed by atoms with Gasteiger partial charge in [0.25, 0.3) is 0 Å². The molecule has 0 fully saturated rings. The van der Waals surface area contributed by atoms with Crippen LogP contribution in [0.5, 0.6) is 5.75 Å². The van der Waals surface area contributed by atoms with Gasteiger partial charge >= 0.3 is 0 Å². The zero-order valence-corrected chi connectivity index (χ0v) is 14.3. The van der Waals surface area contributed by atoms with Gasteiger partial charge in [-0.25, -0.2) is 8.78 Å². The lowest BCUT2D eigenvalue weighted by Gasteiger charge is -2.11. The third kappa shape index (κ3) is 2.70. The summed E-state index contributed by atoms with van der Waals surface area (Å²) in [4.78, 5) is 3.25. The summed E-state index contributed by atoms with van der Waals surface area (Å²) in [6, 6.07) is 21.0. The van der Waals surface area contributed by atoms with E-state index in [2.05, 4.69) is 4.98 Å². The number of H-pyrrole nitrogens is 1. The summed E-state index contributed by atoms with van der Waals surface area (Å²) in [5, 5.41) is 3.41. The van der Waals surface area contributed by atoms with Crippen molar-refractivity contribution < 1.29 is 13.5 Å². The maximum atomic E-state index is 14.0. The topological polar surface area (TPSA) is 25.0 Å². The summed E-state index contributed by atoms with van der Waals surface area (Å²) < 4.78 is 33.6. The minimum atomic E-state index is -0.322. The lowest BCUT2D eigenvalue weighted by molar-refractivity contribution is 0.310. The molecule has 5 aromatic rings. The first-order valence-electron chi connectivity index (χ1n) is 8.69. The van der Waals surface area contributed by atoms with Crippen molar-refractivity contribution in [1.82, 2.24) is 4.98 Å². The van der Waals surface area contributed by atoms with Crippen LogP contribution in [0.25, 0.3) is 32.6 Å². The molecular weight excluding hydrogens is 344 g/mol. The number of benzene rings is 4. The lowest BCUT2D eigenvalue weighted by atomic mass is 10.0. The summed E-state index contributed by atoms with van der Waals surface area (Å²) in [7, 11) is 0. The standard InChI is InChI=1S/C23H15F2NO/c24-15-6-8-17-19(10-15)22(27-13-14-4-2-1-3-5-14)12-21-23(17)18-9-7-16(25)11-20(18)26-21/h1-12,26H,13H2. The van der Waals surface area contributed by atoms with E-state index in [-0.39, 0.29) is 11.6 Å². The average molecular weight is 359 g/mol. The fourth-order valence-electron chi connectivity index (χ4n) is 3.59. The molecule has 0 aliphatic carbocycles. The van der Waals surface area contributed by atoms with E-state index in [1.165, 1.54) is 24.3 Å². The van der Waals surface area contributed by atoms with E-state index < -0.39 is 0 Å². The second-order valence-electron chi connectivity index (χ2n) is 6.58. The van der Waals surface area contributed by atoms with Crippen molar-refractivity contribution >= 4 is 32.6 Å². The molecule has 0 atom stereocenters. The molecule has 0 radical (unpaired) electrons. The molecule has 0 bridgehead atoms. The zero-order valence-electron chi connectivity index (χ0n) is 14.3. The van der Waals surface area contributed by atoms with Crippen LogP contribution in [0, 0.1) is 11.6 Å². The maximum absolute atomic E-state index is 14.0. The summed E-state index contributed by atoms with van der Waals surface area (Å²) in [6.45, 7) is 0.382. The Morgan fingerprint density at radius 3 is 2.26 bits per heavy atom. The third-order valence-electron chi connectivity index (χ3n) is 4.82. The fraction of sp³-hybridized carbons (Fsp3) is 0.0435. The predicted molar refractivity (Wildman–Crippen MR) is 104 cm³/mol. The average Bonchev–Trinajstić information content (AvgIpc) is 3.04. The SMILES string of the molecule is Fc1ccc2c(c1)[nH]c1cc(OCc3ccccc3)c3cc(F)ccc3c12. The van der Waals surface area contributed by atoms with Gasteiger partial charge in [-0.2, -0.15) is 0 Å². The van der Waals surface area contributed by atoms with E-state index in [0.717, 1.165) is 27.2 Å². The van der Waals surface area contributed by atoms with Gasteiger partial charge in [-0.15, -0.1) is 0 Å². The number of aromatic nitrogens is 1. The molecule has 2 nitrogen and oxygen atoms in total. The van der Waals surface area contributed by atoms with E-state index in [0.29, 0.717) is 23.3 Å². The number of hydrogen-bond donors (Lipinski definition) is 1. The first kappa shape index (κ1) is 15.8. The Morgan fingerprint density at radius 2 is 1.44 bits per heavy atom. The Hall–Kier alpha value is -3.40. The largest absolute Gasteiger partial charge is 0.488 e. The molecule has 4 aromatic carbocycles. The molecule has 0 aliphatic heterocycles. The molecule has 1 N–H and O–H groups in total. The second kappa shape index (κ2) is 6.09. The Labute approximate surface area is 154 Å². The number of halogens is 2. The number of rotatable bonds is 3. The van der Waals surface area contributed by atoms with Gasteiger partial charge in [-0.3, -0.25) is 0 Å². The molecular formula is C23H15F2NO. The summed E-state index contributed by atoms with van der Waals surface area (Å²) >= 11 is 0. The monoisotopic (exact) mass is 359 g/mol. The van der Waals surface area contributed by atoms with Crippen LogP contribution >= 0.6 is 0 Å². The Morgan fingerprint density at radius 1 is 0.704 bits per heavy atom. The fourth-order valence-corrected chi connectivity index (χ4v) is 3.59. The van der Waals surface area contributed by atoms with Crippen molar-refractivity contribution in [3.63, 3.8) is 0 Å². The first-order valence-corrected chi connectivity index (χ1v) is 8.69. The highest BCUT2D eigenvalue weighted by atomic mass is 19.1. The molecule has 1 heterocycles. The van der Waals surface area contributed by atoms with Crippen LogP contribution in [0.2, 0.25) is 0 Å². The smallest absolute Gasteiger partial charge is 0.129 e. The highest BCUT2D eigenvalue weighted by Crippen LogP contribution is 2.38. The Kier molecular flexibility index (Phi) is 3.57. The number of nitrogens with one attached hydrogen (secondary N) is 1. The van der Waals surface area contributed by atoms with Gasteiger partial charge in [-0.05, 0) is 41.3 Å².